The SMILES string of the molecule is O=C(COc1ccc(Br)cc1Cl)N[C@@H]1CCCC[C@H]1O. The molecule has 0 saturated heterocycles. The summed E-state index contributed by atoms with van der Waals surface area (Å²) in [5, 5.41) is 13.0. The molecule has 2 N–H and O–H groups in total. The summed E-state index contributed by atoms with van der Waals surface area (Å²) in [5.74, 6) is 0.226. The van der Waals surface area contributed by atoms with E-state index in [4.69, 9.17) is 16.3 Å². The molecule has 0 bridgehead atoms. The van der Waals surface area contributed by atoms with E-state index in [0.717, 1.165) is 30.2 Å². The number of ether oxygens (including phenoxy) is 1. The Balaban J connectivity index is 1.82. The van der Waals surface area contributed by atoms with E-state index >= 15 is 0 Å². The van der Waals surface area contributed by atoms with Crippen molar-refractivity contribution in [3.8, 4) is 5.75 Å². The van der Waals surface area contributed by atoms with Gasteiger partial charge in [0.15, 0.2) is 6.61 Å². The number of benzene rings is 1. The lowest BCUT2D eigenvalue weighted by molar-refractivity contribution is -0.125. The van der Waals surface area contributed by atoms with Crippen molar-refractivity contribution >= 4 is 33.4 Å². The van der Waals surface area contributed by atoms with Gasteiger partial charge in [-0.3, -0.25) is 4.79 Å². The van der Waals surface area contributed by atoms with Crippen LogP contribution in [0.4, 0.5) is 0 Å². The van der Waals surface area contributed by atoms with E-state index in [1.165, 1.54) is 0 Å². The highest BCUT2D eigenvalue weighted by molar-refractivity contribution is 9.10. The standard InChI is InChI=1S/C14H17BrClNO3/c15-9-5-6-13(10(16)7-9)20-8-14(19)17-11-3-1-2-4-12(11)18/h5-7,11-12,18H,1-4,8H2,(H,17,19)/t11-,12-/m1/s1. The fourth-order valence-corrected chi connectivity index (χ4v) is 2.99. The lowest BCUT2D eigenvalue weighted by Gasteiger charge is -2.28. The van der Waals surface area contributed by atoms with Gasteiger partial charge >= 0.3 is 0 Å². The highest BCUT2D eigenvalue weighted by Gasteiger charge is 2.24. The van der Waals surface area contributed by atoms with Crippen molar-refractivity contribution in [2.24, 2.45) is 0 Å². The van der Waals surface area contributed by atoms with Gasteiger partial charge in [0.25, 0.3) is 5.91 Å². The Bertz CT molecular complexity index is 483. The van der Waals surface area contributed by atoms with E-state index in [1.807, 2.05) is 0 Å². The highest BCUT2D eigenvalue weighted by Crippen LogP contribution is 2.27. The second-order valence-electron chi connectivity index (χ2n) is 4.89. The van der Waals surface area contributed by atoms with Crippen LogP contribution in [0.25, 0.3) is 0 Å². The Morgan fingerprint density at radius 1 is 1.45 bits per heavy atom. The van der Waals surface area contributed by atoms with Gasteiger partial charge in [-0.15, -0.1) is 0 Å². The first-order chi connectivity index (χ1) is 9.56. The molecule has 1 amide bonds. The van der Waals surface area contributed by atoms with E-state index in [1.54, 1.807) is 18.2 Å². The van der Waals surface area contributed by atoms with Gasteiger partial charge in [-0.25, -0.2) is 0 Å². The van der Waals surface area contributed by atoms with Crippen LogP contribution in [0.5, 0.6) is 5.75 Å². The molecule has 1 aliphatic rings. The normalized spacial score (nSPS) is 22.4. The Kier molecular flexibility index (Phi) is 5.69. The molecule has 1 aliphatic carbocycles. The monoisotopic (exact) mass is 361 g/mol. The van der Waals surface area contributed by atoms with Crippen LogP contribution in [-0.2, 0) is 4.79 Å². The Morgan fingerprint density at radius 2 is 2.20 bits per heavy atom. The Labute approximate surface area is 131 Å². The van der Waals surface area contributed by atoms with Gasteiger partial charge in [0.05, 0.1) is 17.2 Å². The maximum atomic E-state index is 11.8. The van der Waals surface area contributed by atoms with Gasteiger partial charge < -0.3 is 15.2 Å². The molecule has 0 heterocycles. The Morgan fingerprint density at radius 3 is 2.90 bits per heavy atom. The molecule has 1 aromatic carbocycles. The zero-order valence-electron chi connectivity index (χ0n) is 10.9. The predicted molar refractivity (Wildman–Crippen MR) is 81.1 cm³/mol. The van der Waals surface area contributed by atoms with Crippen LogP contribution in [0.15, 0.2) is 22.7 Å². The molecule has 0 spiro atoms. The van der Waals surface area contributed by atoms with Crippen molar-refractivity contribution in [1.29, 1.82) is 0 Å². The van der Waals surface area contributed by atoms with Crippen LogP contribution >= 0.6 is 27.5 Å². The van der Waals surface area contributed by atoms with E-state index in [9.17, 15) is 9.90 Å². The van der Waals surface area contributed by atoms with Gasteiger partial charge in [0, 0.05) is 4.47 Å². The van der Waals surface area contributed by atoms with E-state index < -0.39 is 6.10 Å². The average Bonchev–Trinajstić information content (AvgIpc) is 2.40. The van der Waals surface area contributed by atoms with Crippen molar-refractivity contribution in [3.63, 3.8) is 0 Å². The van der Waals surface area contributed by atoms with E-state index in [2.05, 4.69) is 21.2 Å². The first kappa shape index (κ1) is 15.6. The third-order valence-electron chi connectivity index (χ3n) is 3.33. The van der Waals surface area contributed by atoms with Crippen LogP contribution in [-0.4, -0.2) is 29.8 Å². The first-order valence-electron chi connectivity index (χ1n) is 6.61. The smallest absolute Gasteiger partial charge is 0.258 e. The lowest BCUT2D eigenvalue weighted by atomic mass is 9.92. The fourth-order valence-electron chi connectivity index (χ4n) is 2.26. The molecule has 0 aromatic heterocycles. The summed E-state index contributed by atoms with van der Waals surface area (Å²) in [6.45, 7) is -0.107. The number of halogens is 2. The number of carbonyl (C=O) groups is 1. The first-order valence-corrected chi connectivity index (χ1v) is 7.78. The minimum Gasteiger partial charge on any atom is -0.482 e. The minimum absolute atomic E-state index is 0.107. The molecule has 0 aliphatic heterocycles. The molecule has 1 fully saturated rings. The zero-order valence-corrected chi connectivity index (χ0v) is 13.3. The van der Waals surface area contributed by atoms with Crippen molar-refractivity contribution in [1.82, 2.24) is 5.32 Å². The van der Waals surface area contributed by atoms with Crippen molar-refractivity contribution in [3.05, 3.63) is 27.7 Å². The summed E-state index contributed by atoms with van der Waals surface area (Å²) in [5.41, 5.74) is 0. The van der Waals surface area contributed by atoms with Crippen LogP contribution in [0.3, 0.4) is 0 Å². The number of rotatable bonds is 4. The quantitative estimate of drug-likeness (QED) is 0.866. The van der Waals surface area contributed by atoms with Gasteiger partial charge in [0.1, 0.15) is 5.75 Å². The average molecular weight is 363 g/mol. The van der Waals surface area contributed by atoms with Crippen molar-refractivity contribution < 1.29 is 14.6 Å². The van der Waals surface area contributed by atoms with Gasteiger partial charge in [-0.1, -0.05) is 40.4 Å². The molecule has 0 unspecified atom stereocenters. The molecule has 2 atom stereocenters. The third kappa shape index (κ3) is 4.36. The fraction of sp³-hybridized carbons (Fsp3) is 0.500. The van der Waals surface area contributed by atoms with Crippen molar-refractivity contribution in [2.45, 2.75) is 37.8 Å². The minimum atomic E-state index is -0.455. The number of aliphatic hydroxyl groups is 1. The number of nitrogens with one attached hydrogen (secondary N) is 1. The zero-order chi connectivity index (χ0) is 14.5. The molecule has 20 heavy (non-hydrogen) atoms. The number of carbonyl (C=O) groups excluding carboxylic acids is 1. The summed E-state index contributed by atoms with van der Waals surface area (Å²) in [4.78, 5) is 11.8. The van der Waals surface area contributed by atoms with E-state index in [-0.39, 0.29) is 18.6 Å². The van der Waals surface area contributed by atoms with Crippen LogP contribution in [0.1, 0.15) is 25.7 Å². The maximum Gasteiger partial charge on any atom is 0.258 e. The topological polar surface area (TPSA) is 58.6 Å². The third-order valence-corrected chi connectivity index (χ3v) is 4.12. The maximum absolute atomic E-state index is 11.8. The number of aliphatic hydroxyl groups excluding tert-OH is 1. The largest absolute Gasteiger partial charge is 0.482 e. The van der Waals surface area contributed by atoms with E-state index in [0.29, 0.717) is 10.8 Å². The van der Waals surface area contributed by atoms with Crippen molar-refractivity contribution in [2.75, 3.05) is 6.61 Å². The number of hydrogen-bond donors (Lipinski definition) is 2. The summed E-state index contributed by atoms with van der Waals surface area (Å²) >= 11 is 9.30. The molecular weight excluding hydrogens is 346 g/mol. The number of amides is 1. The molecule has 4 nitrogen and oxygen atoms in total. The summed E-state index contributed by atoms with van der Waals surface area (Å²) in [7, 11) is 0. The summed E-state index contributed by atoms with van der Waals surface area (Å²) in [6, 6.07) is 5.04. The number of hydrogen-bond acceptors (Lipinski definition) is 3. The molecule has 0 radical (unpaired) electrons. The van der Waals surface area contributed by atoms with Gasteiger partial charge in [0.2, 0.25) is 0 Å². The second kappa shape index (κ2) is 7.29. The van der Waals surface area contributed by atoms with Crippen LogP contribution in [0, 0.1) is 0 Å². The summed E-state index contributed by atoms with van der Waals surface area (Å²) < 4.78 is 6.24. The molecular formula is C14H17BrClNO3. The summed E-state index contributed by atoms with van der Waals surface area (Å²) in [6.07, 6.45) is 3.14. The highest BCUT2D eigenvalue weighted by atomic mass is 79.9. The van der Waals surface area contributed by atoms with Crippen LogP contribution < -0.4 is 10.1 Å². The molecule has 1 saturated carbocycles. The van der Waals surface area contributed by atoms with Crippen LogP contribution in [0.2, 0.25) is 5.02 Å². The molecule has 2 rings (SSSR count). The van der Waals surface area contributed by atoms with Gasteiger partial charge in [-0.05, 0) is 31.0 Å². The molecule has 110 valence electrons. The molecule has 6 heteroatoms. The molecule has 1 aromatic rings. The lowest BCUT2D eigenvalue weighted by Crippen LogP contribution is -2.46. The predicted octanol–water partition coefficient (Wildman–Crippen LogP) is 2.90. The Hall–Kier alpha value is -0.780. The second-order valence-corrected chi connectivity index (χ2v) is 6.21. The van der Waals surface area contributed by atoms with Gasteiger partial charge in [-0.2, -0.15) is 0 Å².